The molecule has 0 aliphatic carbocycles. The lowest BCUT2D eigenvalue weighted by Crippen LogP contribution is -1.92. The number of ether oxygens (including phenoxy) is 3. The van der Waals surface area contributed by atoms with E-state index in [4.69, 9.17) is 18.6 Å². The summed E-state index contributed by atoms with van der Waals surface area (Å²) in [6.07, 6.45) is 1.58. The van der Waals surface area contributed by atoms with E-state index < -0.39 is 4.92 Å². The quantitative estimate of drug-likeness (QED) is 0.378. The standard InChI is InChI=1S/C19H14N2O6/c1-24-18-9-13(21(22)23)3-5-15(18)16-7-4-14(27-16)10-20-12-2-6-17-19(8-12)26-11-25-17/h2-10H,11H2,1H3. The third kappa shape index (κ3) is 3.32. The Morgan fingerprint density at radius 1 is 1.11 bits per heavy atom. The predicted octanol–water partition coefficient (Wildman–Crippen LogP) is 4.34. The maximum atomic E-state index is 10.9. The summed E-state index contributed by atoms with van der Waals surface area (Å²) in [5, 5.41) is 10.9. The van der Waals surface area contributed by atoms with Gasteiger partial charge in [-0.05, 0) is 30.3 Å². The van der Waals surface area contributed by atoms with Crippen LogP contribution in [0.25, 0.3) is 11.3 Å². The highest BCUT2D eigenvalue weighted by Gasteiger charge is 2.15. The zero-order chi connectivity index (χ0) is 18.8. The van der Waals surface area contributed by atoms with Gasteiger partial charge in [-0.15, -0.1) is 0 Å². The molecule has 8 nitrogen and oxygen atoms in total. The molecule has 0 N–H and O–H groups in total. The third-order valence-corrected chi connectivity index (χ3v) is 3.99. The van der Waals surface area contributed by atoms with Gasteiger partial charge in [-0.2, -0.15) is 0 Å². The average molecular weight is 366 g/mol. The average Bonchev–Trinajstić information content (AvgIpc) is 3.34. The molecule has 0 atom stereocenters. The van der Waals surface area contributed by atoms with Gasteiger partial charge in [0.25, 0.3) is 5.69 Å². The number of methoxy groups -OCH3 is 1. The van der Waals surface area contributed by atoms with Crippen molar-refractivity contribution in [3.63, 3.8) is 0 Å². The first kappa shape index (κ1) is 16.6. The molecule has 0 unspecified atom stereocenters. The monoisotopic (exact) mass is 366 g/mol. The molecule has 0 saturated carbocycles. The Kier molecular flexibility index (Phi) is 4.21. The van der Waals surface area contributed by atoms with Crippen LogP contribution in [0.15, 0.2) is 57.9 Å². The van der Waals surface area contributed by atoms with E-state index in [1.165, 1.54) is 19.2 Å². The fourth-order valence-corrected chi connectivity index (χ4v) is 2.67. The summed E-state index contributed by atoms with van der Waals surface area (Å²) in [6, 6.07) is 13.3. The summed E-state index contributed by atoms with van der Waals surface area (Å²) in [5.41, 5.74) is 1.27. The van der Waals surface area contributed by atoms with E-state index in [0.29, 0.717) is 40.0 Å². The number of benzene rings is 2. The van der Waals surface area contributed by atoms with Gasteiger partial charge in [-0.3, -0.25) is 15.1 Å². The first-order chi connectivity index (χ1) is 13.1. The maximum absolute atomic E-state index is 10.9. The van der Waals surface area contributed by atoms with E-state index in [2.05, 4.69) is 4.99 Å². The number of fused-ring (bicyclic) bond motifs is 1. The number of nitrogens with zero attached hydrogens (tertiary/aromatic N) is 2. The molecule has 0 fully saturated rings. The summed E-state index contributed by atoms with van der Waals surface area (Å²) in [7, 11) is 1.45. The van der Waals surface area contributed by atoms with Gasteiger partial charge in [0.05, 0.1) is 35.6 Å². The predicted molar refractivity (Wildman–Crippen MR) is 97.2 cm³/mol. The van der Waals surface area contributed by atoms with Crippen LogP contribution in [0.1, 0.15) is 5.76 Å². The Balaban J connectivity index is 1.58. The second-order valence-electron chi connectivity index (χ2n) is 5.64. The zero-order valence-corrected chi connectivity index (χ0v) is 14.2. The molecule has 27 heavy (non-hydrogen) atoms. The number of nitro benzene ring substituents is 1. The largest absolute Gasteiger partial charge is 0.496 e. The van der Waals surface area contributed by atoms with E-state index in [-0.39, 0.29) is 12.5 Å². The van der Waals surface area contributed by atoms with Crippen molar-refractivity contribution in [3.05, 3.63) is 64.4 Å². The lowest BCUT2D eigenvalue weighted by atomic mass is 10.1. The molecule has 0 radical (unpaired) electrons. The van der Waals surface area contributed by atoms with Crippen LogP contribution in [0.2, 0.25) is 0 Å². The number of furan rings is 1. The van der Waals surface area contributed by atoms with Gasteiger partial charge in [-0.25, -0.2) is 0 Å². The fourth-order valence-electron chi connectivity index (χ4n) is 2.67. The van der Waals surface area contributed by atoms with E-state index in [0.717, 1.165) is 0 Å². The van der Waals surface area contributed by atoms with Crippen molar-refractivity contribution < 1.29 is 23.6 Å². The Morgan fingerprint density at radius 2 is 1.96 bits per heavy atom. The molecule has 1 aliphatic heterocycles. The highest BCUT2D eigenvalue weighted by Crippen LogP contribution is 2.36. The Morgan fingerprint density at radius 3 is 2.78 bits per heavy atom. The minimum absolute atomic E-state index is 0.0493. The van der Waals surface area contributed by atoms with E-state index in [1.54, 1.807) is 36.5 Å². The normalized spacial score (nSPS) is 12.5. The fraction of sp³-hybridized carbons (Fsp3) is 0.105. The zero-order valence-electron chi connectivity index (χ0n) is 14.2. The molecule has 0 spiro atoms. The first-order valence-electron chi connectivity index (χ1n) is 8.00. The topological polar surface area (TPSA) is 96.3 Å². The molecule has 136 valence electrons. The van der Waals surface area contributed by atoms with Gasteiger partial charge in [0.2, 0.25) is 6.79 Å². The number of rotatable bonds is 5. The first-order valence-corrected chi connectivity index (χ1v) is 8.00. The summed E-state index contributed by atoms with van der Waals surface area (Å²) < 4.78 is 21.6. The highest BCUT2D eigenvalue weighted by atomic mass is 16.7. The van der Waals surface area contributed by atoms with E-state index >= 15 is 0 Å². The molecule has 0 bridgehead atoms. The van der Waals surface area contributed by atoms with Crippen molar-refractivity contribution in [2.24, 2.45) is 4.99 Å². The number of nitro groups is 1. The molecule has 2 heterocycles. The van der Waals surface area contributed by atoms with Crippen molar-refractivity contribution in [1.82, 2.24) is 0 Å². The number of hydrogen-bond donors (Lipinski definition) is 0. The summed E-state index contributed by atoms with van der Waals surface area (Å²) in [4.78, 5) is 14.8. The maximum Gasteiger partial charge on any atom is 0.273 e. The van der Waals surface area contributed by atoms with Crippen molar-refractivity contribution in [1.29, 1.82) is 0 Å². The smallest absolute Gasteiger partial charge is 0.273 e. The van der Waals surface area contributed by atoms with Crippen molar-refractivity contribution in [2.45, 2.75) is 0 Å². The van der Waals surface area contributed by atoms with Crippen LogP contribution in [0.3, 0.4) is 0 Å². The molecule has 1 aliphatic rings. The second kappa shape index (κ2) is 6.83. The van der Waals surface area contributed by atoms with Gasteiger partial charge in [0, 0.05) is 12.1 Å². The molecule has 1 aromatic heterocycles. The van der Waals surface area contributed by atoms with Crippen LogP contribution in [-0.2, 0) is 0 Å². The summed E-state index contributed by atoms with van der Waals surface area (Å²) in [6.45, 7) is 0.209. The van der Waals surface area contributed by atoms with Crippen molar-refractivity contribution in [3.8, 4) is 28.6 Å². The van der Waals surface area contributed by atoms with Gasteiger partial charge in [0.15, 0.2) is 11.5 Å². The molecule has 2 aromatic carbocycles. The number of aliphatic imine (C=N–C) groups is 1. The van der Waals surface area contributed by atoms with Crippen LogP contribution in [0, 0.1) is 10.1 Å². The number of non-ortho nitro benzene ring substituents is 1. The van der Waals surface area contributed by atoms with Crippen molar-refractivity contribution in [2.75, 3.05) is 13.9 Å². The van der Waals surface area contributed by atoms with E-state index in [1.807, 2.05) is 6.07 Å². The minimum Gasteiger partial charge on any atom is -0.496 e. The van der Waals surface area contributed by atoms with Gasteiger partial charge in [0.1, 0.15) is 17.3 Å². The van der Waals surface area contributed by atoms with Gasteiger partial charge < -0.3 is 18.6 Å². The highest BCUT2D eigenvalue weighted by molar-refractivity contribution is 5.81. The molecular weight excluding hydrogens is 352 g/mol. The number of hydrogen-bond acceptors (Lipinski definition) is 7. The molecule has 0 amide bonds. The minimum atomic E-state index is -0.474. The van der Waals surface area contributed by atoms with Crippen LogP contribution >= 0.6 is 0 Å². The van der Waals surface area contributed by atoms with E-state index in [9.17, 15) is 10.1 Å². The molecule has 0 saturated heterocycles. The van der Waals surface area contributed by atoms with Crippen LogP contribution < -0.4 is 14.2 Å². The molecule has 8 heteroatoms. The Bertz CT molecular complexity index is 1040. The van der Waals surface area contributed by atoms with Crippen LogP contribution in [-0.4, -0.2) is 25.0 Å². The van der Waals surface area contributed by atoms with Crippen molar-refractivity contribution >= 4 is 17.6 Å². The third-order valence-electron chi connectivity index (χ3n) is 3.99. The van der Waals surface area contributed by atoms with Gasteiger partial charge >= 0.3 is 0 Å². The summed E-state index contributed by atoms with van der Waals surface area (Å²) >= 11 is 0. The summed E-state index contributed by atoms with van der Waals surface area (Å²) in [5.74, 6) is 2.76. The Labute approximate surface area is 153 Å². The Hall–Kier alpha value is -3.81. The van der Waals surface area contributed by atoms with Gasteiger partial charge in [-0.1, -0.05) is 0 Å². The van der Waals surface area contributed by atoms with Crippen LogP contribution in [0.4, 0.5) is 11.4 Å². The second-order valence-corrected chi connectivity index (χ2v) is 5.64. The lowest BCUT2D eigenvalue weighted by Gasteiger charge is -2.05. The molecule has 3 aromatic rings. The molecule has 4 rings (SSSR count). The molecular formula is C19H14N2O6. The lowest BCUT2D eigenvalue weighted by molar-refractivity contribution is -0.384. The van der Waals surface area contributed by atoms with Crippen LogP contribution in [0.5, 0.6) is 17.2 Å². The SMILES string of the molecule is COc1cc([N+](=O)[O-])ccc1-c1ccc(C=Nc2ccc3c(c2)OCO3)o1.